The van der Waals surface area contributed by atoms with Crippen LogP contribution in [0.5, 0.6) is 0 Å². The molecule has 1 fully saturated rings. The summed E-state index contributed by atoms with van der Waals surface area (Å²) in [6, 6.07) is 5.22. The fourth-order valence-electron chi connectivity index (χ4n) is 3.69. The lowest BCUT2D eigenvalue weighted by atomic mass is 10.1. The van der Waals surface area contributed by atoms with Crippen LogP contribution in [0.15, 0.2) is 23.1 Å². The van der Waals surface area contributed by atoms with E-state index in [0.29, 0.717) is 24.4 Å². The van der Waals surface area contributed by atoms with Crippen molar-refractivity contribution >= 4 is 27.7 Å². The zero-order chi connectivity index (χ0) is 22.1. The van der Waals surface area contributed by atoms with Crippen LogP contribution in [0.25, 0.3) is 0 Å². The Morgan fingerprint density at radius 3 is 2.47 bits per heavy atom. The van der Waals surface area contributed by atoms with Gasteiger partial charge in [-0.25, -0.2) is 8.42 Å². The summed E-state index contributed by atoms with van der Waals surface area (Å²) in [6.45, 7) is 3.28. The van der Waals surface area contributed by atoms with Crippen molar-refractivity contribution in [1.29, 1.82) is 0 Å². The van der Waals surface area contributed by atoms with E-state index < -0.39 is 20.6 Å². The minimum atomic E-state index is -3.95. The molecule has 0 radical (unpaired) electrons. The van der Waals surface area contributed by atoms with E-state index >= 15 is 0 Å². The number of carbonyl (C=O) groups excluding carboxylic acids is 1. The van der Waals surface area contributed by atoms with E-state index in [0.717, 1.165) is 5.56 Å². The first-order chi connectivity index (χ1) is 14.1. The predicted octanol–water partition coefficient (Wildman–Crippen LogP) is 1.97. The van der Waals surface area contributed by atoms with Gasteiger partial charge in [0.25, 0.3) is 0 Å². The number of aromatic nitrogens is 3. The lowest BCUT2D eigenvalue weighted by Gasteiger charge is -2.27. The average molecular weight is 434 g/mol. The number of benzene rings is 1. The Bertz CT molecular complexity index is 1060. The van der Waals surface area contributed by atoms with Crippen molar-refractivity contribution in [3.63, 3.8) is 0 Å². The number of nitrogens with zero attached hydrogens (tertiary/aromatic N) is 4. The highest BCUT2D eigenvalue weighted by atomic mass is 32.2. The molecule has 1 aromatic carbocycles. The van der Waals surface area contributed by atoms with E-state index in [4.69, 9.17) is 10.5 Å². The zero-order valence-corrected chi connectivity index (χ0v) is 18.5. The number of esters is 1. The Morgan fingerprint density at radius 1 is 1.17 bits per heavy atom. The molecule has 0 amide bonds. The highest BCUT2D eigenvalue weighted by Gasteiger charge is 2.54. The summed E-state index contributed by atoms with van der Waals surface area (Å²) in [5, 5.41) is 0. The molecule has 0 spiro atoms. The van der Waals surface area contributed by atoms with E-state index in [9.17, 15) is 13.2 Å². The molecule has 0 unspecified atom stereocenters. The number of sulfone groups is 1. The lowest BCUT2D eigenvalue weighted by Crippen LogP contribution is -2.45. The first-order valence-electron chi connectivity index (χ1n) is 9.74. The number of ether oxygens (including phenoxy) is 1. The van der Waals surface area contributed by atoms with Gasteiger partial charge >= 0.3 is 5.97 Å². The second-order valence-electron chi connectivity index (χ2n) is 7.85. The van der Waals surface area contributed by atoms with Crippen molar-refractivity contribution in [2.75, 3.05) is 24.7 Å². The fraction of sp³-hybridized carbons (Fsp3) is 0.500. The summed E-state index contributed by atoms with van der Waals surface area (Å²) in [5.74, 6) is -0.284. The van der Waals surface area contributed by atoms with Crippen LogP contribution < -0.4 is 10.6 Å². The Kier molecular flexibility index (Phi) is 5.98. The van der Waals surface area contributed by atoms with Gasteiger partial charge in [-0.2, -0.15) is 15.0 Å². The van der Waals surface area contributed by atoms with Crippen molar-refractivity contribution in [3.05, 3.63) is 35.2 Å². The SMILES string of the molecule is Cc1ccc(C)c(S(=O)(=O)C2(C(=O)OCc3nc(N)nc(N(C)C)n3)CCCC2)c1. The van der Waals surface area contributed by atoms with Crippen LogP contribution in [0.3, 0.4) is 0 Å². The molecule has 1 aliphatic rings. The standard InChI is InChI=1S/C20H27N5O4S/c1-13-7-8-14(2)15(11-13)30(27,28)20(9-5-6-10-20)17(26)29-12-16-22-18(21)24-19(23-16)25(3)4/h7-8,11H,5-6,9-10,12H2,1-4H3,(H2,21,22,23,24). The molecule has 0 atom stereocenters. The molecule has 0 bridgehead atoms. The van der Waals surface area contributed by atoms with Crippen molar-refractivity contribution in [1.82, 2.24) is 15.0 Å². The van der Waals surface area contributed by atoms with Crippen LogP contribution in [0.1, 0.15) is 42.6 Å². The largest absolute Gasteiger partial charge is 0.456 e. The molecule has 1 saturated carbocycles. The summed E-state index contributed by atoms with van der Waals surface area (Å²) in [5.41, 5.74) is 7.13. The van der Waals surface area contributed by atoms with Gasteiger partial charge in [-0.1, -0.05) is 25.0 Å². The minimum absolute atomic E-state index is 0.00154. The van der Waals surface area contributed by atoms with Gasteiger partial charge in [0.15, 0.2) is 27.0 Å². The molecular weight excluding hydrogens is 406 g/mol. The van der Waals surface area contributed by atoms with Crippen molar-refractivity contribution in [2.45, 2.75) is 55.8 Å². The normalized spacial score (nSPS) is 15.7. The van der Waals surface area contributed by atoms with Gasteiger partial charge in [0, 0.05) is 14.1 Å². The van der Waals surface area contributed by atoms with Crippen LogP contribution >= 0.6 is 0 Å². The summed E-state index contributed by atoms with van der Waals surface area (Å²) < 4.78 is 31.1. The third-order valence-electron chi connectivity index (χ3n) is 5.35. The number of carbonyl (C=O) groups is 1. The second-order valence-corrected chi connectivity index (χ2v) is 10.1. The Balaban J connectivity index is 1.91. The van der Waals surface area contributed by atoms with Crippen molar-refractivity contribution in [3.8, 4) is 0 Å². The highest BCUT2D eigenvalue weighted by molar-refractivity contribution is 7.93. The molecular formula is C20H27N5O4S. The third-order valence-corrected chi connectivity index (χ3v) is 7.97. The van der Waals surface area contributed by atoms with E-state index in [1.165, 1.54) is 0 Å². The zero-order valence-electron chi connectivity index (χ0n) is 17.7. The Labute approximate surface area is 176 Å². The quantitative estimate of drug-likeness (QED) is 0.680. The third kappa shape index (κ3) is 3.96. The minimum Gasteiger partial charge on any atom is -0.456 e. The molecule has 1 aliphatic carbocycles. The van der Waals surface area contributed by atoms with E-state index in [1.807, 2.05) is 13.0 Å². The summed E-state index contributed by atoms with van der Waals surface area (Å²) in [4.78, 5) is 27.1. The maximum atomic E-state index is 13.6. The van der Waals surface area contributed by atoms with Gasteiger partial charge in [0.05, 0.1) is 4.90 Å². The molecule has 1 heterocycles. The lowest BCUT2D eigenvalue weighted by molar-refractivity contribution is -0.148. The van der Waals surface area contributed by atoms with E-state index in [1.54, 1.807) is 38.1 Å². The molecule has 30 heavy (non-hydrogen) atoms. The number of aryl methyl sites for hydroxylation is 2. The van der Waals surface area contributed by atoms with Crippen LogP contribution in [-0.4, -0.2) is 48.2 Å². The monoisotopic (exact) mass is 433 g/mol. The Morgan fingerprint density at radius 2 is 1.83 bits per heavy atom. The number of rotatable bonds is 6. The summed E-state index contributed by atoms with van der Waals surface area (Å²) in [6.07, 6.45) is 1.74. The Hall–Kier alpha value is -2.75. The van der Waals surface area contributed by atoms with Gasteiger partial charge in [0.2, 0.25) is 11.9 Å². The predicted molar refractivity (Wildman–Crippen MR) is 113 cm³/mol. The summed E-state index contributed by atoms with van der Waals surface area (Å²) in [7, 11) is -0.458. The van der Waals surface area contributed by atoms with Gasteiger partial charge in [-0.05, 0) is 43.9 Å². The maximum Gasteiger partial charge on any atom is 0.328 e. The van der Waals surface area contributed by atoms with Crippen LogP contribution in [-0.2, 0) is 26.0 Å². The van der Waals surface area contributed by atoms with Gasteiger partial charge in [-0.15, -0.1) is 0 Å². The molecule has 0 saturated heterocycles. The topological polar surface area (TPSA) is 128 Å². The van der Waals surface area contributed by atoms with E-state index in [-0.39, 0.29) is 36.1 Å². The first kappa shape index (κ1) is 21.9. The van der Waals surface area contributed by atoms with Gasteiger partial charge in [-0.3, -0.25) is 4.79 Å². The van der Waals surface area contributed by atoms with Gasteiger partial charge < -0.3 is 15.4 Å². The number of nitrogen functional groups attached to an aromatic ring is 1. The molecule has 2 N–H and O–H groups in total. The smallest absolute Gasteiger partial charge is 0.328 e. The molecule has 162 valence electrons. The van der Waals surface area contributed by atoms with Gasteiger partial charge in [0.1, 0.15) is 0 Å². The number of anilines is 2. The number of nitrogens with two attached hydrogens (primary N) is 1. The fourth-order valence-corrected chi connectivity index (χ4v) is 6.05. The molecule has 3 rings (SSSR count). The van der Waals surface area contributed by atoms with Crippen LogP contribution in [0, 0.1) is 13.8 Å². The van der Waals surface area contributed by atoms with Crippen molar-refractivity contribution in [2.24, 2.45) is 0 Å². The molecule has 2 aromatic rings. The first-order valence-corrected chi connectivity index (χ1v) is 11.2. The number of hydrogen-bond donors (Lipinski definition) is 1. The molecule has 0 aliphatic heterocycles. The van der Waals surface area contributed by atoms with E-state index in [2.05, 4.69) is 15.0 Å². The average Bonchev–Trinajstić information content (AvgIpc) is 3.19. The molecule has 1 aromatic heterocycles. The van der Waals surface area contributed by atoms with Crippen LogP contribution in [0.4, 0.5) is 11.9 Å². The second kappa shape index (κ2) is 8.17. The number of hydrogen-bond acceptors (Lipinski definition) is 9. The highest BCUT2D eigenvalue weighted by Crippen LogP contribution is 2.42. The van der Waals surface area contributed by atoms with Crippen molar-refractivity contribution < 1.29 is 17.9 Å². The maximum absolute atomic E-state index is 13.6. The molecule has 10 heteroatoms. The summed E-state index contributed by atoms with van der Waals surface area (Å²) >= 11 is 0. The molecule has 9 nitrogen and oxygen atoms in total. The van der Waals surface area contributed by atoms with Crippen LogP contribution in [0.2, 0.25) is 0 Å².